The molecule has 2 N–H and O–H groups in total. The Morgan fingerprint density at radius 1 is 1.50 bits per heavy atom. The van der Waals surface area contributed by atoms with Crippen molar-refractivity contribution in [3.63, 3.8) is 0 Å². The molecule has 0 aliphatic carbocycles. The third kappa shape index (κ3) is 1.39. The number of carbonyl (C=O) groups is 1. The average molecular weight is 193 g/mol. The molecule has 0 saturated heterocycles. The third-order valence-corrected chi connectivity index (χ3v) is 2.22. The van der Waals surface area contributed by atoms with Crippen LogP contribution in [0.2, 0.25) is 0 Å². The van der Waals surface area contributed by atoms with E-state index in [0.717, 1.165) is 5.69 Å². The molecule has 4 nitrogen and oxygen atoms in total. The second-order valence-corrected chi connectivity index (χ2v) is 3.31. The Hall–Kier alpha value is -1.71. The lowest BCUT2D eigenvalue weighted by atomic mass is 10.1. The number of nitrogens with one attached hydrogen (secondary N) is 1. The molecule has 2 unspecified atom stereocenters. The van der Waals surface area contributed by atoms with Crippen molar-refractivity contribution in [1.29, 1.82) is 0 Å². The van der Waals surface area contributed by atoms with Gasteiger partial charge in [-0.1, -0.05) is 12.1 Å². The van der Waals surface area contributed by atoms with E-state index >= 15 is 0 Å². The maximum atomic E-state index is 10.8. The van der Waals surface area contributed by atoms with E-state index in [1.54, 1.807) is 13.0 Å². The lowest BCUT2D eigenvalue weighted by Crippen LogP contribution is -2.44. The SMILES string of the molecule is CC1Nc2ccccc2OC1C(=O)O. The standard InChI is InChI=1S/C10H11NO3/c1-6-9(10(12)13)14-8-5-3-2-4-7(8)11-6/h2-6,9,11H,1H3,(H,12,13). The Morgan fingerprint density at radius 3 is 2.93 bits per heavy atom. The Kier molecular flexibility index (Phi) is 2.04. The van der Waals surface area contributed by atoms with E-state index in [1.807, 2.05) is 18.2 Å². The second kappa shape index (κ2) is 3.21. The van der Waals surface area contributed by atoms with E-state index in [-0.39, 0.29) is 6.04 Å². The quantitative estimate of drug-likeness (QED) is 0.706. The summed E-state index contributed by atoms with van der Waals surface area (Å²) in [5.74, 6) is -0.350. The van der Waals surface area contributed by atoms with Gasteiger partial charge in [0.05, 0.1) is 11.7 Å². The number of carboxylic acid groups (broad SMARTS) is 1. The predicted octanol–water partition coefficient (Wildman–Crippen LogP) is 1.33. The first-order chi connectivity index (χ1) is 6.68. The first-order valence-corrected chi connectivity index (χ1v) is 4.43. The normalized spacial score (nSPS) is 24.4. The minimum absolute atomic E-state index is 0.220. The smallest absolute Gasteiger partial charge is 0.347 e. The van der Waals surface area contributed by atoms with Crippen molar-refractivity contribution >= 4 is 11.7 Å². The van der Waals surface area contributed by atoms with Crippen LogP contribution in [0.15, 0.2) is 24.3 Å². The highest BCUT2D eigenvalue weighted by atomic mass is 16.5. The van der Waals surface area contributed by atoms with Crippen molar-refractivity contribution in [2.75, 3.05) is 5.32 Å². The molecule has 2 rings (SSSR count). The van der Waals surface area contributed by atoms with Gasteiger partial charge in [-0.3, -0.25) is 0 Å². The number of hydrogen-bond acceptors (Lipinski definition) is 3. The van der Waals surface area contributed by atoms with Crippen molar-refractivity contribution < 1.29 is 14.6 Å². The summed E-state index contributed by atoms with van der Waals surface area (Å²) < 4.78 is 5.34. The summed E-state index contributed by atoms with van der Waals surface area (Å²) in [5, 5.41) is 12.0. The van der Waals surface area contributed by atoms with Crippen LogP contribution in [-0.4, -0.2) is 23.2 Å². The molecule has 0 saturated carbocycles. The predicted molar refractivity (Wildman–Crippen MR) is 51.6 cm³/mol. The van der Waals surface area contributed by atoms with Gasteiger partial charge in [0.25, 0.3) is 0 Å². The number of rotatable bonds is 1. The zero-order valence-electron chi connectivity index (χ0n) is 7.73. The summed E-state index contributed by atoms with van der Waals surface area (Å²) in [5.41, 5.74) is 0.845. The molecule has 1 aromatic rings. The van der Waals surface area contributed by atoms with Gasteiger partial charge >= 0.3 is 5.97 Å². The second-order valence-electron chi connectivity index (χ2n) is 3.31. The molecule has 1 heterocycles. The van der Waals surface area contributed by atoms with Gasteiger partial charge in [0.2, 0.25) is 6.10 Å². The number of para-hydroxylation sites is 2. The summed E-state index contributed by atoms with van der Waals surface area (Å²) in [6, 6.07) is 7.09. The average Bonchev–Trinajstić information content (AvgIpc) is 2.16. The first kappa shape index (κ1) is 8.87. The van der Waals surface area contributed by atoms with Gasteiger partial charge in [-0.25, -0.2) is 4.79 Å². The van der Waals surface area contributed by atoms with Gasteiger partial charge in [-0.15, -0.1) is 0 Å². The number of ether oxygens (including phenoxy) is 1. The van der Waals surface area contributed by atoms with E-state index in [4.69, 9.17) is 9.84 Å². The highest BCUT2D eigenvalue weighted by Crippen LogP contribution is 2.30. The number of aliphatic carboxylic acids is 1. The number of hydrogen-bond donors (Lipinski definition) is 2. The molecule has 0 spiro atoms. The number of fused-ring (bicyclic) bond motifs is 1. The summed E-state index contributed by atoms with van der Waals surface area (Å²) in [6.07, 6.45) is -0.815. The lowest BCUT2D eigenvalue weighted by molar-refractivity contribution is -0.145. The summed E-state index contributed by atoms with van der Waals surface area (Å²) >= 11 is 0. The number of carboxylic acids is 1. The molecule has 1 aromatic carbocycles. The lowest BCUT2D eigenvalue weighted by Gasteiger charge is -2.30. The zero-order chi connectivity index (χ0) is 10.1. The molecule has 14 heavy (non-hydrogen) atoms. The molecular formula is C10H11NO3. The van der Waals surface area contributed by atoms with Crippen LogP contribution in [0.1, 0.15) is 6.92 Å². The Labute approximate surface area is 81.5 Å². The van der Waals surface area contributed by atoms with E-state index in [9.17, 15) is 4.79 Å². The van der Waals surface area contributed by atoms with Gasteiger partial charge in [0, 0.05) is 0 Å². The van der Waals surface area contributed by atoms with Crippen molar-refractivity contribution in [3.05, 3.63) is 24.3 Å². The molecule has 0 radical (unpaired) electrons. The summed E-state index contributed by atoms with van der Waals surface area (Å²) in [6.45, 7) is 1.79. The largest absolute Gasteiger partial charge is 0.478 e. The van der Waals surface area contributed by atoms with Crippen molar-refractivity contribution in [2.45, 2.75) is 19.1 Å². The molecule has 0 bridgehead atoms. The van der Waals surface area contributed by atoms with Crippen LogP contribution in [-0.2, 0) is 4.79 Å². The summed E-state index contributed by atoms with van der Waals surface area (Å²) in [7, 11) is 0. The minimum atomic E-state index is -0.945. The van der Waals surface area contributed by atoms with E-state index in [1.165, 1.54) is 0 Å². The fourth-order valence-electron chi connectivity index (χ4n) is 1.51. The van der Waals surface area contributed by atoms with E-state index in [0.29, 0.717) is 5.75 Å². The Bertz CT molecular complexity index is 364. The molecule has 4 heteroatoms. The molecule has 0 fully saturated rings. The van der Waals surface area contributed by atoms with Gasteiger partial charge in [-0.2, -0.15) is 0 Å². The molecule has 0 aromatic heterocycles. The van der Waals surface area contributed by atoms with Gasteiger partial charge < -0.3 is 15.2 Å². The molecule has 2 atom stereocenters. The van der Waals surface area contributed by atoms with Crippen LogP contribution < -0.4 is 10.1 Å². The van der Waals surface area contributed by atoms with Gasteiger partial charge in [0.1, 0.15) is 5.75 Å². The van der Waals surface area contributed by atoms with Crippen LogP contribution in [0.4, 0.5) is 5.69 Å². The molecule has 1 aliphatic rings. The van der Waals surface area contributed by atoms with Crippen molar-refractivity contribution in [2.24, 2.45) is 0 Å². The highest BCUT2D eigenvalue weighted by Gasteiger charge is 2.31. The van der Waals surface area contributed by atoms with Crippen LogP contribution >= 0.6 is 0 Å². The fourth-order valence-corrected chi connectivity index (χ4v) is 1.51. The number of benzene rings is 1. The topological polar surface area (TPSA) is 58.6 Å². The third-order valence-electron chi connectivity index (χ3n) is 2.22. The molecule has 74 valence electrons. The first-order valence-electron chi connectivity index (χ1n) is 4.43. The van der Waals surface area contributed by atoms with Crippen molar-refractivity contribution in [3.8, 4) is 5.75 Å². The van der Waals surface area contributed by atoms with E-state index < -0.39 is 12.1 Å². The van der Waals surface area contributed by atoms with Crippen LogP contribution in [0.25, 0.3) is 0 Å². The van der Waals surface area contributed by atoms with Crippen LogP contribution in [0, 0.1) is 0 Å². The minimum Gasteiger partial charge on any atom is -0.478 e. The monoisotopic (exact) mass is 193 g/mol. The fraction of sp³-hybridized carbons (Fsp3) is 0.300. The van der Waals surface area contributed by atoms with Crippen molar-refractivity contribution in [1.82, 2.24) is 0 Å². The molecular weight excluding hydrogens is 182 g/mol. The molecule has 0 amide bonds. The van der Waals surface area contributed by atoms with Gasteiger partial charge in [0.15, 0.2) is 0 Å². The van der Waals surface area contributed by atoms with Crippen LogP contribution in [0.3, 0.4) is 0 Å². The zero-order valence-corrected chi connectivity index (χ0v) is 7.73. The maximum Gasteiger partial charge on any atom is 0.347 e. The highest BCUT2D eigenvalue weighted by molar-refractivity contribution is 5.76. The van der Waals surface area contributed by atoms with Gasteiger partial charge in [-0.05, 0) is 19.1 Å². The summed E-state index contributed by atoms with van der Waals surface area (Å²) in [4.78, 5) is 10.8. The molecule has 1 aliphatic heterocycles. The Balaban J connectivity index is 2.31. The van der Waals surface area contributed by atoms with Crippen LogP contribution in [0.5, 0.6) is 5.75 Å². The maximum absolute atomic E-state index is 10.8. The Morgan fingerprint density at radius 2 is 2.21 bits per heavy atom. The number of anilines is 1. The van der Waals surface area contributed by atoms with E-state index in [2.05, 4.69) is 5.32 Å².